The van der Waals surface area contributed by atoms with E-state index in [1.165, 1.54) is 0 Å². The lowest BCUT2D eigenvalue weighted by molar-refractivity contribution is -0.118. The highest BCUT2D eigenvalue weighted by atomic mass is 16.1. The first-order valence-electron chi connectivity index (χ1n) is 7.77. The Morgan fingerprint density at radius 3 is 2.33 bits per heavy atom. The summed E-state index contributed by atoms with van der Waals surface area (Å²) in [5.74, 6) is -0.388. The van der Waals surface area contributed by atoms with Crippen molar-refractivity contribution in [2.24, 2.45) is 5.73 Å². The topological polar surface area (TPSA) is 60.9 Å². The van der Waals surface area contributed by atoms with Crippen LogP contribution >= 0.6 is 0 Å². The van der Waals surface area contributed by atoms with Gasteiger partial charge in [0.1, 0.15) is 6.54 Å². The van der Waals surface area contributed by atoms with Gasteiger partial charge in [-0.2, -0.15) is 0 Å². The molecule has 0 atom stereocenters. The first-order chi connectivity index (χ1) is 11.6. The van der Waals surface area contributed by atoms with Crippen LogP contribution < -0.4 is 5.73 Å². The van der Waals surface area contributed by atoms with E-state index in [0.717, 1.165) is 28.1 Å². The van der Waals surface area contributed by atoms with E-state index in [4.69, 9.17) is 5.73 Å². The number of imidazole rings is 1. The summed E-state index contributed by atoms with van der Waals surface area (Å²) < 4.78 is 1.80. The Labute approximate surface area is 141 Å². The fourth-order valence-electron chi connectivity index (χ4n) is 2.76. The Bertz CT molecular complexity index is 864. The number of rotatable bonds is 5. The molecule has 2 N–H and O–H groups in total. The number of primary amides is 1. The molecule has 0 aliphatic carbocycles. The lowest BCUT2D eigenvalue weighted by Gasteiger charge is -2.10. The van der Waals surface area contributed by atoms with Crippen molar-refractivity contribution in [1.29, 1.82) is 0 Å². The Hall–Kier alpha value is -3.14. The molecule has 0 fully saturated rings. The van der Waals surface area contributed by atoms with Crippen LogP contribution in [-0.2, 0) is 11.3 Å². The Morgan fingerprint density at radius 1 is 1.08 bits per heavy atom. The first kappa shape index (κ1) is 15.7. The van der Waals surface area contributed by atoms with Crippen LogP contribution in [0, 0.1) is 0 Å². The van der Waals surface area contributed by atoms with Gasteiger partial charge in [0, 0.05) is 5.56 Å². The van der Waals surface area contributed by atoms with Gasteiger partial charge < -0.3 is 10.3 Å². The van der Waals surface area contributed by atoms with Gasteiger partial charge in [0.15, 0.2) is 0 Å². The molecular weight excluding hydrogens is 298 g/mol. The Balaban J connectivity index is 2.11. The van der Waals surface area contributed by atoms with Crippen LogP contribution in [0.4, 0.5) is 0 Å². The number of carbonyl (C=O) groups is 1. The van der Waals surface area contributed by atoms with E-state index in [2.05, 4.69) is 11.1 Å². The molecule has 0 spiro atoms. The quantitative estimate of drug-likeness (QED) is 0.781. The van der Waals surface area contributed by atoms with Gasteiger partial charge in [0.2, 0.25) is 5.91 Å². The van der Waals surface area contributed by atoms with Crippen LogP contribution in [-0.4, -0.2) is 15.5 Å². The number of amides is 1. The lowest BCUT2D eigenvalue weighted by atomic mass is 10.0. The molecule has 0 radical (unpaired) electrons. The summed E-state index contributed by atoms with van der Waals surface area (Å²) >= 11 is 0. The number of nitrogens with two attached hydrogens (primary N) is 1. The second-order valence-electron chi connectivity index (χ2n) is 5.64. The molecule has 0 aliphatic heterocycles. The summed E-state index contributed by atoms with van der Waals surface area (Å²) in [7, 11) is 0. The van der Waals surface area contributed by atoms with Crippen molar-refractivity contribution in [2.75, 3.05) is 0 Å². The van der Waals surface area contributed by atoms with E-state index in [9.17, 15) is 4.79 Å². The number of carbonyl (C=O) groups excluding carboxylic acids is 1. The van der Waals surface area contributed by atoms with Crippen LogP contribution in [0.5, 0.6) is 0 Å². The number of hydrogen-bond donors (Lipinski definition) is 1. The average Bonchev–Trinajstić information content (AvgIpc) is 2.99. The molecule has 0 aliphatic rings. The molecule has 1 aromatic heterocycles. The number of nitrogens with zero attached hydrogens (tertiary/aromatic N) is 2. The minimum Gasteiger partial charge on any atom is -0.368 e. The predicted molar refractivity (Wildman–Crippen MR) is 96.8 cm³/mol. The Kier molecular flexibility index (Phi) is 4.57. The van der Waals surface area contributed by atoms with Gasteiger partial charge in [-0.05, 0) is 24.1 Å². The Morgan fingerprint density at radius 2 is 1.71 bits per heavy atom. The number of benzene rings is 2. The van der Waals surface area contributed by atoms with E-state index >= 15 is 0 Å². The molecule has 2 aromatic carbocycles. The number of aromatic nitrogens is 2. The molecule has 4 heteroatoms. The van der Waals surface area contributed by atoms with Gasteiger partial charge in [-0.25, -0.2) is 4.98 Å². The van der Waals surface area contributed by atoms with Gasteiger partial charge in [-0.3, -0.25) is 4.79 Å². The molecule has 1 heterocycles. The highest BCUT2D eigenvalue weighted by molar-refractivity contribution is 5.86. The average molecular weight is 317 g/mol. The van der Waals surface area contributed by atoms with E-state index < -0.39 is 0 Å². The SMILES string of the molecule is CC(=Cc1ccccc1)c1c(-c2ccccc2)ncn1CC(N)=O. The zero-order valence-corrected chi connectivity index (χ0v) is 13.5. The number of allylic oxidation sites excluding steroid dienone is 1. The van der Waals surface area contributed by atoms with Crippen molar-refractivity contribution in [3.63, 3.8) is 0 Å². The zero-order chi connectivity index (χ0) is 16.9. The zero-order valence-electron chi connectivity index (χ0n) is 13.5. The maximum Gasteiger partial charge on any atom is 0.237 e. The molecule has 3 rings (SSSR count). The highest BCUT2D eigenvalue weighted by Crippen LogP contribution is 2.29. The normalized spacial score (nSPS) is 11.5. The third-order valence-corrected chi connectivity index (χ3v) is 3.77. The van der Waals surface area contributed by atoms with Crippen LogP contribution in [0.1, 0.15) is 18.2 Å². The second kappa shape index (κ2) is 6.96. The molecule has 0 saturated carbocycles. The van der Waals surface area contributed by atoms with Crippen molar-refractivity contribution in [1.82, 2.24) is 9.55 Å². The van der Waals surface area contributed by atoms with Gasteiger partial charge in [0.25, 0.3) is 0 Å². The van der Waals surface area contributed by atoms with Crippen molar-refractivity contribution in [3.05, 3.63) is 78.2 Å². The van der Waals surface area contributed by atoms with Gasteiger partial charge >= 0.3 is 0 Å². The van der Waals surface area contributed by atoms with Gasteiger partial charge in [-0.15, -0.1) is 0 Å². The smallest absolute Gasteiger partial charge is 0.237 e. The summed E-state index contributed by atoms with van der Waals surface area (Å²) in [6, 6.07) is 20.0. The molecule has 24 heavy (non-hydrogen) atoms. The van der Waals surface area contributed by atoms with Crippen LogP contribution in [0.15, 0.2) is 67.0 Å². The molecule has 120 valence electrons. The second-order valence-corrected chi connectivity index (χ2v) is 5.64. The monoisotopic (exact) mass is 317 g/mol. The molecule has 3 aromatic rings. The summed E-state index contributed by atoms with van der Waals surface area (Å²) in [6.45, 7) is 2.13. The van der Waals surface area contributed by atoms with Crippen LogP contribution in [0.3, 0.4) is 0 Å². The maximum atomic E-state index is 11.4. The summed E-state index contributed by atoms with van der Waals surface area (Å²) in [6.07, 6.45) is 3.76. The maximum absolute atomic E-state index is 11.4. The van der Waals surface area contributed by atoms with E-state index in [1.54, 1.807) is 10.9 Å². The highest BCUT2D eigenvalue weighted by Gasteiger charge is 2.15. The fourth-order valence-corrected chi connectivity index (χ4v) is 2.76. The van der Waals surface area contributed by atoms with Gasteiger partial charge in [0.05, 0.1) is 17.7 Å². The lowest BCUT2D eigenvalue weighted by Crippen LogP contribution is -2.19. The predicted octanol–water partition coefficient (Wildman–Crippen LogP) is 3.60. The molecule has 0 saturated heterocycles. The van der Waals surface area contributed by atoms with Crippen molar-refractivity contribution in [3.8, 4) is 11.3 Å². The third-order valence-electron chi connectivity index (χ3n) is 3.77. The molecule has 4 nitrogen and oxygen atoms in total. The minimum atomic E-state index is -0.388. The van der Waals surface area contributed by atoms with Crippen LogP contribution in [0.2, 0.25) is 0 Å². The van der Waals surface area contributed by atoms with Crippen molar-refractivity contribution < 1.29 is 4.79 Å². The summed E-state index contributed by atoms with van der Waals surface area (Å²) in [4.78, 5) is 15.9. The molecule has 0 bridgehead atoms. The van der Waals surface area contributed by atoms with Crippen molar-refractivity contribution >= 4 is 17.6 Å². The van der Waals surface area contributed by atoms with E-state index in [1.807, 2.05) is 67.6 Å². The third kappa shape index (κ3) is 3.43. The standard InChI is InChI=1S/C20H19N3O/c1-15(12-16-8-4-2-5-9-16)20-19(17-10-6-3-7-11-17)22-14-23(20)13-18(21)24/h2-12,14H,13H2,1H3,(H2,21,24). The summed E-state index contributed by atoms with van der Waals surface area (Å²) in [5.41, 5.74) is 10.3. The largest absolute Gasteiger partial charge is 0.368 e. The van der Waals surface area contributed by atoms with E-state index in [0.29, 0.717) is 0 Å². The molecule has 1 amide bonds. The number of hydrogen-bond acceptors (Lipinski definition) is 2. The van der Waals surface area contributed by atoms with Gasteiger partial charge in [-0.1, -0.05) is 60.7 Å². The first-order valence-corrected chi connectivity index (χ1v) is 7.77. The van der Waals surface area contributed by atoms with Crippen molar-refractivity contribution in [2.45, 2.75) is 13.5 Å². The van der Waals surface area contributed by atoms with E-state index in [-0.39, 0.29) is 12.5 Å². The fraction of sp³-hybridized carbons (Fsp3) is 0.100. The summed E-state index contributed by atoms with van der Waals surface area (Å²) in [5, 5.41) is 0. The minimum absolute atomic E-state index is 0.106. The molecular formula is C20H19N3O. The molecule has 0 unspecified atom stereocenters. The van der Waals surface area contributed by atoms with Crippen LogP contribution in [0.25, 0.3) is 22.9 Å².